The van der Waals surface area contributed by atoms with Crippen LogP contribution >= 0.6 is 0 Å². The van der Waals surface area contributed by atoms with Crippen molar-refractivity contribution in [2.45, 2.75) is 66.8 Å². The van der Waals surface area contributed by atoms with Crippen molar-refractivity contribution in [2.24, 2.45) is 0 Å². The van der Waals surface area contributed by atoms with Crippen LogP contribution in [0.4, 0.5) is 0 Å². The average molecular weight is 243 g/mol. The number of terminal acetylenes is 3. The summed E-state index contributed by atoms with van der Waals surface area (Å²) in [5, 5.41) is 0. The predicted molar refractivity (Wildman–Crippen MR) is 94.5 cm³/mol. The maximum atomic E-state index is 5.88. The Labute approximate surface area is 118 Å². The molecule has 0 radical (unpaired) electrons. The van der Waals surface area contributed by atoms with Crippen LogP contribution in [0.3, 0.4) is 0 Å². The summed E-state index contributed by atoms with van der Waals surface area (Å²) in [6.45, 7) is 0. The Morgan fingerprint density at radius 1 is 0.667 bits per heavy atom. The van der Waals surface area contributed by atoms with Crippen molar-refractivity contribution in [3.63, 3.8) is 0 Å². The molecule has 0 aliphatic heterocycles. The van der Waals surface area contributed by atoms with Crippen molar-refractivity contribution in [1.29, 1.82) is 0 Å². The van der Waals surface area contributed by atoms with Crippen LogP contribution in [0.15, 0.2) is 0 Å². The minimum absolute atomic E-state index is 0. The van der Waals surface area contributed by atoms with E-state index >= 15 is 0 Å². The normalized spacial score (nSPS) is 3.67. The van der Waals surface area contributed by atoms with Crippen LogP contribution in [0.25, 0.3) is 0 Å². The van der Waals surface area contributed by atoms with Crippen LogP contribution in [0.1, 0.15) is 78.0 Å². The van der Waals surface area contributed by atoms with Gasteiger partial charge in [0, 0.05) is 7.14 Å². The fourth-order valence-corrected chi connectivity index (χ4v) is 0. The first-order valence-corrected chi connectivity index (χ1v) is 0.866. The maximum absolute atomic E-state index is 5.88. The molecule has 0 saturated heterocycles. The van der Waals surface area contributed by atoms with E-state index in [0.29, 0.717) is 0 Å². The van der Waals surface area contributed by atoms with Crippen LogP contribution < -0.4 is 0 Å². The van der Waals surface area contributed by atoms with Crippen molar-refractivity contribution in [1.82, 2.24) is 0 Å². The van der Waals surface area contributed by atoms with Crippen molar-refractivity contribution >= 4 is 0 Å². The molecule has 0 spiro atoms. The van der Waals surface area contributed by atoms with E-state index in [1.165, 1.54) is 19.2 Å². The highest BCUT2D eigenvalue weighted by molar-refractivity contribution is 4.47. The van der Waals surface area contributed by atoms with Crippen LogP contribution in [0.2, 0.25) is 0 Å². The molecule has 0 fully saturated rings. The van der Waals surface area contributed by atoms with Gasteiger partial charge in [-0.1, -0.05) is 66.8 Å². The summed E-state index contributed by atoms with van der Waals surface area (Å²) in [5.74, 6) is 0. The van der Waals surface area contributed by atoms with Gasteiger partial charge in [0.1, 0.15) is 4.11 Å². The topological polar surface area (TPSA) is 0 Å². The summed E-state index contributed by atoms with van der Waals surface area (Å²) < 4.78 is 39.0. The highest BCUT2D eigenvalue weighted by atomic mass is 12.6. The summed E-state index contributed by atoms with van der Waals surface area (Å²) in [7, 11) is -0.250. The fraction of sp³-hybridized carbons (Fsp3) is 0.600. The first-order chi connectivity index (χ1) is 6.66. The lowest BCUT2D eigenvalue weighted by Crippen LogP contribution is -0.576. The minimum Gasteiger partial charge on any atom is -0.124 e. The molecule has 0 atom stereocenters. The Morgan fingerprint density at radius 2 is 0.667 bits per heavy atom. The van der Waals surface area contributed by atoms with Gasteiger partial charge in [0.2, 0.25) is 0 Å². The van der Waals surface area contributed by atoms with E-state index in [1.807, 2.05) is 0 Å². The molecule has 0 aliphatic rings. The average Bonchev–Trinajstić information content (AvgIpc) is 2.12. The van der Waals surface area contributed by atoms with Gasteiger partial charge in [-0.3, -0.25) is 0 Å². The van der Waals surface area contributed by atoms with Crippen LogP contribution in [0, 0.1) is 38.5 Å². The molecule has 0 amide bonds. The summed E-state index contributed by atoms with van der Waals surface area (Å²) in [6.07, 6.45) is 17.3. The summed E-state index contributed by atoms with van der Waals surface area (Å²) in [4.78, 5) is 0. The summed E-state index contributed by atoms with van der Waals surface area (Å²) in [5.41, 5.74) is 0. The Bertz CT molecular complexity index is 126. The molecule has 0 aromatic heterocycles. The molecule has 0 N–H and O–H groups in total. The first-order valence-electron chi connectivity index (χ1n) is 4.78. The van der Waals surface area contributed by atoms with Gasteiger partial charge in [0.25, 0.3) is 0 Å². The molecule has 0 bridgehead atoms. The number of rotatable bonds is 0. The van der Waals surface area contributed by atoms with Crippen LogP contribution in [-0.4, -0.2) is 0 Å². The lowest BCUT2D eigenvalue weighted by molar-refractivity contribution is 2.50. The zero-order valence-electron chi connectivity index (χ0n) is 10.9. The molecule has 0 nitrogen and oxygen atoms in total. The molecular weight excluding hydrogens is 180 g/mol. The van der Waals surface area contributed by atoms with E-state index in [9.17, 15) is 0 Å². The van der Waals surface area contributed by atoms with E-state index in [1.54, 1.807) is 0 Å². The largest absolute Gasteiger partial charge is 0.124 e. The molecule has 0 heteroatoms. The molecule has 0 aliphatic carbocycles. The van der Waals surface area contributed by atoms with Crippen LogP contribution in [-0.2, 0) is 0 Å². The molecular formula is C15H46. The van der Waals surface area contributed by atoms with Crippen molar-refractivity contribution in [3.8, 4) is 38.5 Å². The highest BCUT2D eigenvalue weighted by Crippen LogP contribution is 0.583. The summed E-state index contributed by atoms with van der Waals surface area (Å²) in [6, 6.07) is 0. The van der Waals surface area contributed by atoms with Gasteiger partial charge in [0.15, 0.2) is 0 Å². The highest BCUT2D eigenvalue weighted by Gasteiger charge is 0.458. The molecule has 0 rings (SSSR count). The summed E-state index contributed by atoms with van der Waals surface area (Å²) >= 11 is 0. The van der Waals surface area contributed by atoms with Gasteiger partial charge in [-0.15, -0.1) is 38.5 Å². The van der Waals surface area contributed by atoms with Crippen LogP contribution in [0.5, 0.6) is 0 Å². The van der Waals surface area contributed by atoms with Gasteiger partial charge in [-0.2, -0.15) is 0 Å². The van der Waals surface area contributed by atoms with Gasteiger partial charge < -0.3 is 0 Å². The van der Waals surface area contributed by atoms with Gasteiger partial charge >= 0.3 is 0 Å². The first kappa shape index (κ1) is 37.3. The number of hydrogen-bond donors (Lipinski definition) is 0. The minimum atomic E-state index is -0.250. The predicted octanol–water partition coefficient (Wildman–Crippen LogP) is 6.97. The fourth-order valence-electron chi connectivity index (χ4n) is 0. The molecule has 0 saturated carbocycles. The third kappa shape index (κ3) is 830. The van der Waals surface area contributed by atoms with Gasteiger partial charge in [-0.25, -0.2) is 0 Å². The Kier molecular flexibility index (Phi) is 2470. The third-order valence-corrected chi connectivity index (χ3v) is 0. The van der Waals surface area contributed by atoms with Gasteiger partial charge in [-0.05, 0) is 0 Å². The second-order valence-electron chi connectivity index (χ2n) is 0. The van der Waals surface area contributed by atoms with E-state index in [4.69, 9.17) is 9.82 Å². The molecule has 0 aromatic carbocycles. The monoisotopic (exact) mass is 242 g/mol. The second kappa shape index (κ2) is 993. The van der Waals surface area contributed by atoms with Crippen molar-refractivity contribution in [3.05, 3.63) is 0 Å². The molecule has 106 valence electrons. The zero-order chi connectivity index (χ0) is 12.8. The van der Waals surface area contributed by atoms with E-state index in [-0.39, 0.29) is 68.2 Å². The third-order valence-electron chi connectivity index (χ3n) is 0. The number of hydrogen-bond acceptors (Lipinski definition) is 0. The SMILES string of the molecule is C.C.C.C.C.C.C.C.[3HH].[3H]C#C.[3H]C#C.[3H]C#C.[3H]C[3H].[3H][3H]. The zero-order valence-corrected chi connectivity index (χ0v) is 3.94. The van der Waals surface area contributed by atoms with Crippen molar-refractivity contribution in [2.75, 3.05) is 0 Å². The molecule has 0 unspecified atom stereocenters. The molecule has 0 aromatic rings. The van der Waals surface area contributed by atoms with E-state index < -0.39 is 0 Å². The molecule has 15 heavy (non-hydrogen) atoms. The Balaban J connectivity index is -0.00000000336. The lowest BCUT2D eigenvalue weighted by atomic mass is 11.4. The Morgan fingerprint density at radius 3 is 0.667 bits per heavy atom. The second-order valence-corrected chi connectivity index (χ2v) is 0. The quantitative estimate of drug-likeness (QED) is 0.403. The van der Waals surface area contributed by atoms with E-state index in [2.05, 4.69) is 19.3 Å². The maximum Gasteiger partial charge on any atom is 0.124 e. The Hall–Kier alpha value is -1.32. The van der Waals surface area contributed by atoms with Crippen molar-refractivity contribution < 1.29 is 11.3 Å². The standard InChI is InChI=1S/3C2H2.9CH4.2H2/c3*1-2;;;;;;;;;;;/h3*1-2H;9*1H4;2*1H/i3*1T;1T2;;;;;;;;;1+2T;1+2. The lowest BCUT2D eigenvalue weighted by Gasteiger charge is -0.701. The van der Waals surface area contributed by atoms with Gasteiger partial charge in [0.05, 0.1) is 0 Å². The van der Waals surface area contributed by atoms with E-state index in [0.717, 1.165) is 0 Å². The molecule has 0 heterocycles. The smallest absolute Gasteiger partial charge is 0.124 e.